The predicted octanol–water partition coefficient (Wildman–Crippen LogP) is 4.09. The van der Waals surface area contributed by atoms with Crippen LogP contribution in [-0.2, 0) is 14.3 Å². The molecule has 2 aromatic carbocycles. The van der Waals surface area contributed by atoms with E-state index in [1.165, 1.54) is 11.3 Å². The maximum absolute atomic E-state index is 12.1. The third-order valence-electron chi connectivity index (χ3n) is 4.08. The molecule has 0 amide bonds. The minimum atomic E-state index is -4.70. The first-order valence-corrected chi connectivity index (χ1v) is 11.4. The minimum absolute atomic E-state index is 0.0210. The molecule has 0 atom stereocenters. The van der Waals surface area contributed by atoms with Gasteiger partial charge in [-0.15, -0.1) is 0 Å². The Morgan fingerprint density at radius 3 is 2.58 bits per heavy atom. The number of hydrazone groups is 1. The van der Waals surface area contributed by atoms with Gasteiger partial charge < -0.3 is 4.90 Å². The molecule has 0 bridgehead atoms. The van der Waals surface area contributed by atoms with E-state index in [1.54, 1.807) is 42.4 Å². The standard InChI is InChI=1S/C19H19F3N4O3S2/c1-26(10-11-31(27,28)29-13-19(20,21)22)15-8-6-14(7-9-15)12-23-25-18-24-16-4-2-3-5-17(16)30-18/h2-9,12H,10-11,13H2,1H3,(H,24,25)/b23-12-. The van der Waals surface area contributed by atoms with Gasteiger partial charge in [-0.2, -0.15) is 26.7 Å². The number of hydrogen-bond acceptors (Lipinski definition) is 8. The second-order valence-electron chi connectivity index (χ2n) is 6.51. The average Bonchev–Trinajstić information content (AvgIpc) is 3.14. The quantitative estimate of drug-likeness (QED) is 0.287. The zero-order chi connectivity index (χ0) is 22.5. The van der Waals surface area contributed by atoms with Crippen LogP contribution in [0, 0.1) is 0 Å². The van der Waals surface area contributed by atoms with Crippen LogP contribution in [0.3, 0.4) is 0 Å². The van der Waals surface area contributed by atoms with Crippen LogP contribution in [0.5, 0.6) is 0 Å². The molecular weight excluding hydrogens is 453 g/mol. The number of rotatable bonds is 9. The fraction of sp³-hybridized carbons (Fsp3) is 0.263. The average molecular weight is 473 g/mol. The Kier molecular flexibility index (Phi) is 7.13. The monoisotopic (exact) mass is 472 g/mol. The highest BCUT2D eigenvalue weighted by atomic mass is 32.2. The Morgan fingerprint density at radius 1 is 1.19 bits per heavy atom. The first-order valence-electron chi connectivity index (χ1n) is 9.01. The summed E-state index contributed by atoms with van der Waals surface area (Å²) in [4.78, 5) is 6.02. The number of anilines is 2. The summed E-state index contributed by atoms with van der Waals surface area (Å²) in [6, 6.07) is 14.8. The van der Waals surface area contributed by atoms with Crippen LogP contribution in [0.1, 0.15) is 5.56 Å². The highest BCUT2D eigenvalue weighted by Gasteiger charge is 2.30. The fourth-order valence-electron chi connectivity index (χ4n) is 2.49. The summed E-state index contributed by atoms with van der Waals surface area (Å²) >= 11 is 1.49. The van der Waals surface area contributed by atoms with Crippen LogP contribution >= 0.6 is 11.3 Å². The zero-order valence-electron chi connectivity index (χ0n) is 16.3. The number of benzene rings is 2. The van der Waals surface area contributed by atoms with E-state index in [1.807, 2.05) is 24.3 Å². The van der Waals surface area contributed by atoms with Crippen LogP contribution in [0.4, 0.5) is 24.0 Å². The molecule has 12 heteroatoms. The summed E-state index contributed by atoms with van der Waals surface area (Å²) in [6.07, 6.45) is -3.08. The van der Waals surface area contributed by atoms with Crippen LogP contribution in [-0.4, -0.2) is 51.7 Å². The van der Waals surface area contributed by atoms with Crippen LogP contribution in [0.15, 0.2) is 53.6 Å². The van der Waals surface area contributed by atoms with Gasteiger partial charge in [0.15, 0.2) is 6.61 Å². The summed E-state index contributed by atoms with van der Waals surface area (Å²) in [5, 5.41) is 4.83. The van der Waals surface area contributed by atoms with Crippen LogP contribution < -0.4 is 10.3 Å². The van der Waals surface area contributed by atoms with E-state index in [0.29, 0.717) is 10.8 Å². The third-order valence-corrected chi connectivity index (χ3v) is 6.18. The molecule has 166 valence electrons. The van der Waals surface area contributed by atoms with E-state index in [2.05, 4.69) is 19.7 Å². The van der Waals surface area contributed by atoms with Crippen molar-refractivity contribution in [3.8, 4) is 0 Å². The molecule has 1 heterocycles. The van der Waals surface area contributed by atoms with Gasteiger partial charge in [0.25, 0.3) is 10.1 Å². The van der Waals surface area contributed by atoms with Gasteiger partial charge in [-0.05, 0) is 29.8 Å². The molecule has 0 aliphatic rings. The molecule has 1 aromatic heterocycles. The summed E-state index contributed by atoms with van der Waals surface area (Å²) in [5.41, 5.74) is 5.27. The van der Waals surface area contributed by atoms with Crippen molar-refractivity contribution in [1.29, 1.82) is 0 Å². The van der Waals surface area contributed by atoms with Gasteiger partial charge in [0, 0.05) is 19.3 Å². The van der Waals surface area contributed by atoms with Crippen LogP contribution in [0.25, 0.3) is 10.2 Å². The molecule has 1 N–H and O–H groups in total. The molecule has 0 aliphatic heterocycles. The second kappa shape index (κ2) is 9.62. The molecule has 3 aromatic rings. The Hall–Kier alpha value is -2.70. The first kappa shape index (κ1) is 23.0. The molecule has 0 fully saturated rings. The zero-order valence-corrected chi connectivity index (χ0v) is 18.0. The Bertz CT molecular complexity index is 1110. The third kappa shape index (κ3) is 7.19. The molecule has 0 aliphatic carbocycles. The molecule has 31 heavy (non-hydrogen) atoms. The second-order valence-corrected chi connectivity index (χ2v) is 9.30. The molecule has 0 radical (unpaired) electrons. The Labute approximate surface area is 181 Å². The lowest BCUT2D eigenvalue weighted by molar-refractivity contribution is -0.152. The molecule has 7 nitrogen and oxygen atoms in total. The number of fused-ring (bicyclic) bond motifs is 1. The van der Waals surface area contributed by atoms with Crippen molar-refractivity contribution in [3.05, 3.63) is 54.1 Å². The molecule has 0 unspecified atom stereocenters. The van der Waals surface area contributed by atoms with Gasteiger partial charge in [0.05, 0.1) is 22.2 Å². The maximum Gasteiger partial charge on any atom is 0.413 e. The number of alkyl halides is 3. The molecule has 3 rings (SSSR count). The highest BCUT2D eigenvalue weighted by molar-refractivity contribution is 7.86. The predicted molar refractivity (Wildman–Crippen MR) is 116 cm³/mol. The molecule has 0 spiro atoms. The van der Waals surface area contributed by atoms with Crippen molar-refractivity contribution < 1.29 is 25.8 Å². The lowest BCUT2D eigenvalue weighted by Gasteiger charge is -2.19. The van der Waals surface area contributed by atoms with Crippen molar-refractivity contribution >= 4 is 48.7 Å². The summed E-state index contributed by atoms with van der Waals surface area (Å²) in [6.45, 7) is -1.84. The van der Waals surface area contributed by atoms with Gasteiger partial charge in [-0.3, -0.25) is 9.61 Å². The normalized spacial score (nSPS) is 12.5. The van der Waals surface area contributed by atoms with Gasteiger partial charge in [-0.1, -0.05) is 35.6 Å². The lowest BCUT2D eigenvalue weighted by atomic mass is 10.2. The summed E-state index contributed by atoms with van der Waals surface area (Å²) < 4.78 is 64.5. The van der Waals surface area contributed by atoms with Gasteiger partial charge >= 0.3 is 6.18 Å². The number of halogens is 3. The minimum Gasteiger partial charge on any atom is -0.373 e. The maximum atomic E-state index is 12.1. The SMILES string of the molecule is CN(CCS(=O)(=O)OCC(F)(F)F)c1ccc(/C=N\Nc2nc3ccccc3s2)cc1. The van der Waals surface area contributed by atoms with Crippen LogP contribution in [0.2, 0.25) is 0 Å². The van der Waals surface area contributed by atoms with E-state index < -0.39 is 28.7 Å². The van der Waals surface area contributed by atoms with Crippen molar-refractivity contribution in [3.63, 3.8) is 0 Å². The van der Waals surface area contributed by atoms with E-state index >= 15 is 0 Å². The molecule has 0 saturated heterocycles. The van der Waals surface area contributed by atoms with Crippen molar-refractivity contribution in [2.75, 3.05) is 36.3 Å². The van der Waals surface area contributed by atoms with E-state index in [0.717, 1.165) is 15.8 Å². The van der Waals surface area contributed by atoms with Gasteiger partial charge in [0.2, 0.25) is 5.13 Å². The number of aromatic nitrogens is 1. The summed E-state index contributed by atoms with van der Waals surface area (Å²) in [5.74, 6) is -0.561. The largest absolute Gasteiger partial charge is 0.413 e. The van der Waals surface area contributed by atoms with E-state index in [-0.39, 0.29) is 6.54 Å². The number of nitrogens with zero attached hydrogens (tertiary/aromatic N) is 3. The van der Waals surface area contributed by atoms with E-state index in [4.69, 9.17) is 0 Å². The van der Waals surface area contributed by atoms with E-state index in [9.17, 15) is 21.6 Å². The Balaban J connectivity index is 1.51. The number of para-hydroxylation sites is 1. The van der Waals surface area contributed by atoms with Crippen molar-refractivity contribution in [2.45, 2.75) is 6.18 Å². The topological polar surface area (TPSA) is 83.9 Å². The van der Waals surface area contributed by atoms with Gasteiger partial charge in [0.1, 0.15) is 0 Å². The van der Waals surface area contributed by atoms with Crippen molar-refractivity contribution in [2.24, 2.45) is 5.10 Å². The number of nitrogens with one attached hydrogen (secondary N) is 1. The number of thiazole rings is 1. The Morgan fingerprint density at radius 2 is 1.90 bits per heavy atom. The molecule has 0 saturated carbocycles. The smallest absolute Gasteiger partial charge is 0.373 e. The fourth-order valence-corrected chi connectivity index (χ4v) is 4.23. The summed E-state index contributed by atoms with van der Waals surface area (Å²) in [7, 11) is -2.63. The first-order chi connectivity index (χ1) is 14.6. The lowest BCUT2D eigenvalue weighted by Crippen LogP contribution is -2.28. The molecular formula is C19H19F3N4O3S2. The van der Waals surface area contributed by atoms with Gasteiger partial charge in [-0.25, -0.2) is 4.98 Å². The highest BCUT2D eigenvalue weighted by Crippen LogP contribution is 2.25. The van der Waals surface area contributed by atoms with Crippen molar-refractivity contribution in [1.82, 2.24) is 4.98 Å². The number of hydrogen-bond donors (Lipinski definition) is 1.